The molecule has 6 rings (SSSR count). The minimum Gasteiger partial charge on any atom is -0.289 e. The first-order valence-electron chi connectivity index (χ1n) is 9.82. The van der Waals surface area contributed by atoms with Crippen molar-refractivity contribution in [3.63, 3.8) is 0 Å². The van der Waals surface area contributed by atoms with Crippen LogP contribution in [-0.4, -0.2) is 29.6 Å². The largest absolute Gasteiger partial charge is 0.335 e. The molecule has 140 valence electrons. The third-order valence-corrected chi connectivity index (χ3v) is 6.72. The molecule has 0 radical (unpaired) electrons. The van der Waals surface area contributed by atoms with E-state index >= 15 is 0 Å². The monoisotopic (exact) mass is 365 g/mol. The van der Waals surface area contributed by atoms with Gasteiger partial charge in [-0.15, -0.1) is 0 Å². The number of nitrogens with zero attached hydrogens (tertiary/aromatic N) is 2. The van der Waals surface area contributed by atoms with Crippen LogP contribution in [0.1, 0.15) is 38.5 Å². The third-order valence-electron chi connectivity index (χ3n) is 6.72. The average molecular weight is 365 g/mol. The van der Waals surface area contributed by atoms with Crippen LogP contribution in [0.5, 0.6) is 0 Å². The molecule has 5 aliphatic rings. The van der Waals surface area contributed by atoms with Crippen molar-refractivity contribution in [1.29, 1.82) is 0 Å². The second kappa shape index (κ2) is 6.01. The summed E-state index contributed by atoms with van der Waals surface area (Å²) in [6.45, 7) is 0. The zero-order chi connectivity index (χ0) is 18.6. The van der Waals surface area contributed by atoms with Crippen LogP contribution in [0.4, 0.5) is 10.5 Å². The topological polar surface area (TPSA) is 78.8 Å². The summed E-state index contributed by atoms with van der Waals surface area (Å²) in [5.74, 6) is 0.0787. The van der Waals surface area contributed by atoms with Crippen LogP contribution in [0.2, 0.25) is 0 Å². The lowest BCUT2D eigenvalue weighted by atomic mass is 9.53. The lowest BCUT2D eigenvalue weighted by Gasteiger charge is -2.55. The quantitative estimate of drug-likeness (QED) is 0.661. The van der Waals surface area contributed by atoms with E-state index in [-0.39, 0.29) is 5.54 Å². The zero-order valence-electron chi connectivity index (χ0n) is 15.1. The highest BCUT2D eigenvalue weighted by atomic mass is 16.2. The van der Waals surface area contributed by atoms with Gasteiger partial charge in [0.2, 0.25) is 5.91 Å². The van der Waals surface area contributed by atoms with E-state index in [1.165, 1.54) is 25.5 Å². The van der Waals surface area contributed by atoms with Crippen LogP contribution in [0.25, 0.3) is 0 Å². The van der Waals surface area contributed by atoms with Gasteiger partial charge in [0.15, 0.2) is 5.92 Å². The van der Waals surface area contributed by atoms with Gasteiger partial charge in [-0.3, -0.25) is 19.9 Å². The summed E-state index contributed by atoms with van der Waals surface area (Å²) in [6.07, 6.45) is 8.67. The molecule has 4 saturated carbocycles. The summed E-state index contributed by atoms with van der Waals surface area (Å²) in [5.41, 5.74) is 0.356. The Morgan fingerprint density at radius 1 is 0.963 bits per heavy atom. The van der Waals surface area contributed by atoms with Gasteiger partial charge in [0, 0.05) is 6.21 Å². The summed E-state index contributed by atoms with van der Waals surface area (Å²) in [4.78, 5) is 43.4. The lowest BCUT2D eigenvalue weighted by molar-refractivity contribution is -0.131. The lowest BCUT2D eigenvalue weighted by Crippen LogP contribution is -2.59. The smallest absolute Gasteiger partial charge is 0.289 e. The van der Waals surface area contributed by atoms with Crippen molar-refractivity contribution < 1.29 is 14.4 Å². The summed E-state index contributed by atoms with van der Waals surface area (Å²) < 4.78 is 0. The Labute approximate surface area is 158 Å². The first-order chi connectivity index (χ1) is 13.0. The number of imide groups is 2. The number of rotatable bonds is 3. The number of barbiturate groups is 1. The molecule has 4 bridgehead atoms. The van der Waals surface area contributed by atoms with Crippen LogP contribution < -0.4 is 10.2 Å². The number of hydrogen-bond acceptors (Lipinski definition) is 4. The normalized spacial score (nSPS) is 37.9. The van der Waals surface area contributed by atoms with Crippen LogP contribution in [0.3, 0.4) is 0 Å². The van der Waals surface area contributed by atoms with Gasteiger partial charge in [0.25, 0.3) is 5.91 Å². The van der Waals surface area contributed by atoms with E-state index in [9.17, 15) is 14.4 Å². The molecule has 6 heteroatoms. The van der Waals surface area contributed by atoms with Gasteiger partial charge in [-0.05, 0) is 68.4 Å². The second-order valence-corrected chi connectivity index (χ2v) is 8.70. The summed E-state index contributed by atoms with van der Waals surface area (Å²) in [7, 11) is 0. The number of anilines is 1. The third kappa shape index (κ3) is 2.78. The van der Waals surface area contributed by atoms with E-state index in [0.717, 1.165) is 41.9 Å². The minimum absolute atomic E-state index is 0.103. The van der Waals surface area contributed by atoms with Gasteiger partial charge in [0.1, 0.15) is 0 Å². The van der Waals surface area contributed by atoms with Crippen molar-refractivity contribution >= 4 is 29.7 Å². The van der Waals surface area contributed by atoms with E-state index in [1.54, 1.807) is 24.3 Å². The maximum atomic E-state index is 12.9. The first kappa shape index (κ1) is 16.7. The van der Waals surface area contributed by atoms with E-state index in [1.807, 2.05) is 6.07 Å². The van der Waals surface area contributed by atoms with Gasteiger partial charge in [-0.1, -0.05) is 18.2 Å². The van der Waals surface area contributed by atoms with Crippen molar-refractivity contribution in [3.8, 4) is 0 Å². The average Bonchev–Trinajstić information content (AvgIpc) is 2.61. The highest BCUT2D eigenvalue weighted by molar-refractivity contribution is 6.32. The standard InChI is InChI=1S/C21H23N3O3/c25-18-17(19(26)24(20(27)23-18)16-4-2-1-3-5-16)12-22-21-9-13-6-14(10-21)8-15(7-13)11-21/h1-5,12-15,17H,6-11H2,(H,23,25,27)/t13?,14?,15?,17-,21?/m1/s1. The van der Waals surface area contributed by atoms with Gasteiger partial charge < -0.3 is 0 Å². The van der Waals surface area contributed by atoms with E-state index < -0.39 is 23.8 Å². The SMILES string of the molecule is O=C1NC(=O)N(c2ccccc2)C(=O)[C@@H]1C=NC12CC3CC(CC(C3)C1)C2. The molecule has 4 aliphatic carbocycles. The second-order valence-electron chi connectivity index (χ2n) is 8.70. The van der Waals surface area contributed by atoms with Crippen molar-refractivity contribution in [3.05, 3.63) is 30.3 Å². The number of carbonyl (C=O) groups is 3. The Kier molecular flexibility index (Phi) is 3.71. The van der Waals surface area contributed by atoms with Crippen LogP contribution in [0.15, 0.2) is 35.3 Å². The molecule has 1 N–H and O–H groups in total. The number of para-hydroxylation sites is 1. The molecule has 0 aromatic heterocycles. The number of amides is 4. The summed E-state index contributed by atoms with van der Waals surface area (Å²) in [6, 6.07) is 7.99. The number of benzene rings is 1. The van der Waals surface area contributed by atoms with Crippen LogP contribution >= 0.6 is 0 Å². The number of nitrogens with one attached hydrogen (secondary N) is 1. The molecule has 1 heterocycles. The van der Waals surface area contributed by atoms with Gasteiger partial charge in [-0.2, -0.15) is 0 Å². The Hall–Kier alpha value is -2.50. The fourth-order valence-electron chi connectivity index (χ4n) is 6.00. The van der Waals surface area contributed by atoms with Crippen molar-refractivity contribution in [2.75, 3.05) is 4.90 Å². The molecular formula is C21H23N3O3. The minimum atomic E-state index is -1.05. The highest BCUT2D eigenvalue weighted by Crippen LogP contribution is 2.57. The zero-order valence-corrected chi connectivity index (χ0v) is 15.1. The molecule has 0 unspecified atom stereocenters. The predicted molar refractivity (Wildman–Crippen MR) is 100 cm³/mol. The number of hydrogen-bond donors (Lipinski definition) is 1. The van der Waals surface area contributed by atoms with E-state index in [0.29, 0.717) is 5.69 Å². The molecule has 1 atom stereocenters. The molecule has 1 aliphatic heterocycles. The maximum absolute atomic E-state index is 12.9. The number of aliphatic imine (C=N–C) groups is 1. The molecule has 27 heavy (non-hydrogen) atoms. The van der Waals surface area contributed by atoms with Gasteiger partial charge >= 0.3 is 6.03 Å². The van der Waals surface area contributed by atoms with Gasteiger partial charge in [-0.25, -0.2) is 9.69 Å². The van der Waals surface area contributed by atoms with Crippen molar-refractivity contribution in [1.82, 2.24) is 5.32 Å². The van der Waals surface area contributed by atoms with Crippen molar-refractivity contribution in [2.24, 2.45) is 28.7 Å². The Morgan fingerprint density at radius 3 is 2.15 bits per heavy atom. The summed E-state index contributed by atoms with van der Waals surface area (Å²) in [5, 5.41) is 2.30. The predicted octanol–water partition coefficient (Wildman–Crippen LogP) is 2.93. The Morgan fingerprint density at radius 2 is 1.56 bits per heavy atom. The molecule has 4 amide bonds. The fraction of sp³-hybridized carbons (Fsp3) is 0.524. The molecule has 6 nitrogen and oxygen atoms in total. The Balaban J connectivity index is 1.41. The highest BCUT2D eigenvalue weighted by Gasteiger charge is 2.51. The molecular weight excluding hydrogens is 342 g/mol. The number of carbonyl (C=O) groups excluding carboxylic acids is 3. The maximum Gasteiger partial charge on any atom is 0.335 e. The molecule has 1 aromatic rings. The van der Waals surface area contributed by atoms with Crippen molar-refractivity contribution in [2.45, 2.75) is 44.1 Å². The molecule has 5 fully saturated rings. The number of urea groups is 1. The molecule has 0 spiro atoms. The first-order valence-corrected chi connectivity index (χ1v) is 9.82. The Bertz CT molecular complexity index is 797. The van der Waals surface area contributed by atoms with Crippen LogP contribution in [0, 0.1) is 23.7 Å². The fourth-order valence-corrected chi connectivity index (χ4v) is 6.00. The van der Waals surface area contributed by atoms with Gasteiger partial charge in [0.05, 0.1) is 11.2 Å². The van der Waals surface area contributed by atoms with E-state index in [4.69, 9.17) is 4.99 Å². The van der Waals surface area contributed by atoms with E-state index in [2.05, 4.69) is 5.32 Å². The molecule has 1 saturated heterocycles. The van der Waals surface area contributed by atoms with Crippen LogP contribution in [-0.2, 0) is 9.59 Å². The summed E-state index contributed by atoms with van der Waals surface area (Å²) >= 11 is 0. The molecule has 1 aromatic carbocycles.